The first-order chi connectivity index (χ1) is 9.63. The van der Waals surface area contributed by atoms with E-state index in [0.29, 0.717) is 6.54 Å². The van der Waals surface area contributed by atoms with Crippen LogP contribution >= 0.6 is 0 Å². The van der Waals surface area contributed by atoms with Crippen LogP contribution in [0.4, 0.5) is 10.5 Å². The van der Waals surface area contributed by atoms with Crippen molar-refractivity contribution in [3.05, 3.63) is 36.4 Å². The number of rotatable bonds is 4. The monoisotopic (exact) mass is 273 g/mol. The average molecular weight is 273 g/mol. The highest BCUT2D eigenvalue weighted by molar-refractivity contribution is 5.91. The van der Waals surface area contributed by atoms with Gasteiger partial charge in [-0.25, -0.2) is 9.48 Å². The standard InChI is InChI=1S/C14H19N5O/c1-4-7-16-14(20)18(3)13-10-19(17-11(13)2)12-6-5-8-15-9-12/h5-6,8-10H,4,7H2,1-3H3,(H,16,20). The second-order valence-electron chi connectivity index (χ2n) is 4.55. The third-order valence-electron chi connectivity index (χ3n) is 2.98. The van der Waals surface area contributed by atoms with Gasteiger partial charge in [0, 0.05) is 19.8 Å². The van der Waals surface area contributed by atoms with Crippen LogP contribution < -0.4 is 10.2 Å². The molecule has 6 nitrogen and oxygen atoms in total. The highest BCUT2D eigenvalue weighted by atomic mass is 16.2. The summed E-state index contributed by atoms with van der Waals surface area (Å²) < 4.78 is 1.72. The van der Waals surface area contributed by atoms with E-state index in [0.717, 1.165) is 23.5 Å². The van der Waals surface area contributed by atoms with Crippen molar-refractivity contribution in [1.29, 1.82) is 0 Å². The highest BCUT2D eigenvalue weighted by Crippen LogP contribution is 2.19. The van der Waals surface area contributed by atoms with Gasteiger partial charge in [-0.05, 0) is 25.5 Å². The van der Waals surface area contributed by atoms with Crippen molar-refractivity contribution in [2.24, 2.45) is 0 Å². The predicted octanol–water partition coefficient (Wildman–Crippen LogP) is 2.13. The second-order valence-corrected chi connectivity index (χ2v) is 4.55. The third-order valence-corrected chi connectivity index (χ3v) is 2.98. The van der Waals surface area contributed by atoms with E-state index in [1.807, 2.05) is 32.2 Å². The highest BCUT2D eigenvalue weighted by Gasteiger charge is 2.16. The molecule has 0 aliphatic rings. The minimum atomic E-state index is -0.124. The summed E-state index contributed by atoms with van der Waals surface area (Å²) >= 11 is 0. The molecule has 0 aliphatic heterocycles. The van der Waals surface area contributed by atoms with Crippen LogP contribution in [0.5, 0.6) is 0 Å². The summed E-state index contributed by atoms with van der Waals surface area (Å²) in [5, 5.41) is 7.26. The zero-order valence-corrected chi connectivity index (χ0v) is 12.0. The van der Waals surface area contributed by atoms with Crippen molar-refractivity contribution in [3.63, 3.8) is 0 Å². The predicted molar refractivity (Wildman–Crippen MR) is 78.2 cm³/mol. The average Bonchev–Trinajstić information content (AvgIpc) is 2.87. The number of urea groups is 1. The maximum absolute atomic E-state index is 12.0. The number of hydrogen-bond donors (Lipinski definition) is 1. The summed E-state index contributed by atoms with van der Waals surface area (Å²) in [6, 6.07) is 3.64. The minimum absolute atomic E-state index is 0.124. The maximum atomic E-state index is 12.0. The van der Waals surface area contributed by atoms with E-state index in [1.54, 1.807) is 29.0 Å². The van der Waals surface area contributed by atoms with Crippen LogP contribution in [0.3, 0.4) is 0 Å². The van der Waals surface area contributed by atoms with E-state index in [-0.39, 0.29) is 6.03 Å². The van der Waals surface area contributed by atoms with Crippen molar-refractivity contribution in [1.82, 2.24) is 20.1 Å². The van der Waals surface area contributed by atoms with Gasteiger partial charge in [0.25, 0.3) is 0 Å². The van der Waals surface area contributed by atoms with Crippen LogP contribution in [0.15, 0.2) is 30.7 Å². The molecule has 0 spiro atoms. The van der Waals surface area contributed by atoms with Gasteiger partial charge in [0.05, 0.1) is 29.5 Å². The number of aryl methyl sites for hydroxylation is 1. The Morgan fingerprint density at radius 1 is 1.50 bits per heavy atom. The molecule has 2 aromatic rings. The number of anilines is 1. The third kappa shape index (κ3) is 2.96. The molecule has 0 saturated carbocycles. The van der Waals surface area contributed by atoms with Crippen LogP contribution in [0.1, 0.15) is 19.0 Å². The fourth-order valence-corrected chi connectivity index (χ4v) is 1.86. The number of aromatic nitrogens is 3. The largest absolute Gasteiger partial charge is 0.338 e. The minimum Gasteiger partial charge on any atom is -0.338 e. The molecule has 0 fully saturated rings. The molecule has 0 aromatic carbocycles. The molecule has 106 valence electrons. The molecular weight excluding hydrogens is 254 g/mol. The summed E-state index contributed by atoms with van der Waals surface area (Å²) in [6.07, 6.45) is 6.18. The van der Waals surface area contributed by atoms with Crippen molar-refractivity contribution >= 4 is 11.7 Å². The van der Waals surface area contributed by atoms with Gasteiger partial charge in [0.1, 0.15) is 0 Å². The van der Waals surface area contributed by atoms with Crippen LogP contribution in [0, 0.1) is 6.92 Å². The van der Waals surface area contributed by atoms with Crippen molar-refractivity contribution in [2.75, 3.05) is 18.5 Å². The van der Waals surface area contributed by atoms with E-state index < -0.39 is 0 Å². The quantitative estimate of drug-likeness (QED) is 0.928. The molecule has 0 unspecified atom stereocenters. The van der Waals surface area contributed by atoms with Crippen LogP contribution in [0.2, 0.25) is 0 Å². The number of nitrogens with one attached hydrogen (secondary N) is 1. The fraction of sp³-hybridized carbons (Fsp3) is 0.357. The Bertz CT molecular complexity index is 579. The molecule has 0 bridgehead atoms. The zero-order valence-electron chi connectivity index (χ0n) is 12.0. The summed E-state index contributed by atoms with van der Waals surface area (Å²) in [7, 11) is 1.74. The molecule has 0 radical (unpaired) electrons. The fourth-order valence-electron chi connectivity index (χ4n) is 1.86. The molecule has 2 amide bonds. The lowest BCUT2D eigenvalue weighted by Gasteiger charge is -2.16. The topological polar surface area (TPSA) is 63.1 Å². The van der Waals surface area contributed by atoms with E-state index in [9.17, 15) is 4.79 Å². The van der Waals surface area contributed by atoms with Crippen molar-refractivity contribution < 1.29 is 4.79 Å². The normalized spacial score (nSPS) is 10.3. The van der Waals surface area contributed by atoms with E-state index in [4.69, 9.17) is 0 Å². The summed E-state index contributed by atoms with van der Waals surface area (Å²) in [5.41, 5.74) is 2.44. The van der Waals surface area contributed by atoms with E-state index >= 15 is 0 Å². The lowest BCUT2D eigenvalue weighted by Crippen LogP contribution is -2.37. The number of pyridine rings is 1. The molecule has 6 heteroatoms. The molecule has 0 atom stereocenters. The first kappa shape index (κ1) is 14.0. The molecule has 2 rings (SSSR count). The molecule has 20 heavy (non-hydrogen) atoms. The first-order valence-corrected chi connectivity index (χ1v) is 6.61. The first-order valence-electron chi connectivity index (χ1n) is 6.61. The Kier molecular flexibility index (Phi) is 4.34. The number of nitrogens with zero attached hydrogens (tertiary/aromatic N) is 4. The van der Waals surface area contributed by atoms with Crippen LogP contribution in [0.25, 0.3) is 5.69 Å². The van der Waals surface area contributed by atoms with Crippen LogP contribution in [-0.2, 0) is 0 Å². The van der Waals surface area contributed by atoms with Gasteiger partial charge in [0.15, 0.2) is 0 Å². The molecular formula is C14H19N5O. The lowest BCUT2D eigenvalue weighted by atomic mass is 10.3. The molecule has 1 N–H and O–H groups in total. The number of carbonyl (C=O) groups is 1. The lowest BCUT2D eigenvalue weighted by molar-refractivity contribution is 0.247. The van der Waals surface area contributed by atoms with E-state index in [2.05, 4.69) is 15.4 Å². The van der Waals surface area contributed by atoms with Gasteiger partial charge in [-0.2, -0.15) is 5.10 Å². The van der Waals surface area contributed by atoms with Crippen molar-refractivity contribution in [2.45, 2.75) is 20.3 Å². The number of amides is 2. The summed E-state index contributed by atoms with van der Waals surface area (Å²) in [5.74, 6) is 0. The summed E-state index contributed by atoms with van der Waals surface area (Å²) in [6.45, 7) is 4.57. The maximum Gasteiger partial charge on any atom is 0.321 e. The SMILES string of the molecule is CCCNC(=O)N(C)c1cn(-c2cccnc2)nc1C. The Morgan fingerprint density at radius 3 is 2.95 bits per heavy atom. The van der Waals surface area contributed by atoms with Crippen molar-refractivity contribution in [3.8, 4) is 5.69 Å². The molecule has 0 aliphatic carbocycles. The van der Waals surface area contributed by atoms with E-state index in [1.165, 1.54) is 0 Å². The number of hydrogen-bond acceptors (Lipinski definition) is 3. The molecule has 2 aromatic heterocycles. The molecule has 2 heterocycles. The van der Waals surface area contributed by atoms with Gasteiger partial charge in [0.2, 0.25) is 0 Å². The summed E-state index contributed by atoms with van der Waals surface area (Å²) in [4.78, 5) is 17.6. The van der Waals surface area contributed by atoms with Gasteiger partial charge in [-0.15, -0.1) is 0 Å². The zero-order chi connectivity index (χ0) is 14.5. The molecule has 0 saturated heterocycles. The second kappa shape index (κ2) is 6.18. The van der Waals surface area contributed by atoms with Gasteiger partial charge < -0.3 is 5.32 Å². The van der Waals surface area contributed by atoms with Gasteiger partial charge in [-0.1, -0.05) is 6.92 Å². The Balaban J connectivity index is 2.21. The number of carbonyl (C=O) groups excluding carboxylic acids is 1. The smallest absolute Gasteiger partial charge is 0.321 e. The van der Waals surface area contributed by atoms with Gasteiger partial charge >= 0.3 is 6.03 Å². The Morgan fingerprint density at radius 2 is 2.30 bits per heavy atom. The van der Waals surface area contributed by atoms with Gasteiger partial charge in [-0.3, -0.25) is 9.88 Å². The van der Waals surface area contributed by atoms with Crippen LogP contribution in [-0.4, -0.2) is 34.4 Å². The Hall–Kier alpha value is -2.37. The Labute approximate surface area is 118 Å².